The Hall–Kier alpha value is -1.40. The van der Waals surface area contributed by atoms with Crippen LogP contribution in [0.5, 0.6) is 0 Å². The molecule has 0 radical (unpaired) electrons. The zero-order valence-corrected chi connectivity index (χ0v) is 11.3. The molecule has 0 fully saturated rings. The van der Waals surface area contributed by atoms with Gasteiger partial charge in [-0.05, 0) is 12.8 Å². The summed E-state index contributed by atoms with van der Waals surface area (Å²) >= 11 is 0. The van der Waals surface area contributed by atoms with Gasteiger partial charge in [-0.1, -0.05) is 26.7 Å². The first kappa shape index (κ1) is 14.7. The van der Waals surface area contributed by atoms with Gasteiger partial charge in [-0.15, -0.1) is 0 Å². The van der Waals surface area contributed by atoms with Gasteiger partial charge in [0.2, 0.25) is 0 Å². The van der Waals surface area contributed by atoms with Gasteiger partial charge in [0.25, 0.3) is 0 Å². The maximum absolute atomic E-state index is 10.0. The van der Waals surface area contributed by atoms with E-state index in [-0.39, 0.29) is 6.10 Å². The van der Waals surface area contributed by atoms with Crippen LogP contribution in [0.15, 0.2) is 6.33 Å². The quantitative estimate of drug-likeness (QED) is 0.432. The summed E-state index contributed by atoms with van der Waals surface area (Å²) < 4.78 is 0. The molecule has 6 nitrogen and oxygen atoms in total. The van der Waals surface area contributed by atoms with Crippen LogP contribution in [-0.2, 0) is 0 Å². The number of aromatic nitrogens is 2. The zero-order valence-electron chi connectivity index (χ0n) is 11.3. The molecule has 0 saturated carbocycles. The maximum Gasteiger partial charge on any atom is 0.148 e. The van der Waals surface area contributed by atoms with Crippen molar-refractivity contribution in [3.63, 3.8) is 0 Å². The maximum atomic E-state index is 10.0. The van der Waals surface area contributed by atoms with Gasteiger partial charge in [0.15, 0.2) is 0 Å². The topological polar surface area (TPSA) is 96.1 Å². The second-order valence-electron chi connectivity index (χ2n) is 4.37. The van der Waals surface area contributed by atoms with Crippen LogP contribution in [0.25, 0.3) is 0 Å². The van der Waals surface area contributed by atoms with Gasteiger partial charge in [-0.25, -0.2) is 15.8 Å². The Kier molecular flexibility index (Phi) is 5.80. The number of nitrogen functional groups attached to an aromatic ring is 1. The molecule has 0 amide bonds. The Morgan fingerprint density at radius 1 is 1.28 bits per heavy atom. The molecule has 6 heteroatoms. The lowest BCUT2D eigenvalue weighted by molar-refractivity contribution is 0.114. The van der Waals surface area contributed by atoms with Crippen molar-refractivity contribution in [2.75, 3.05) is 17.3 Å². The van der Waals surface area contributed by atoms with Crippen LogP contribution < -0.4 is 16.6 Å². The van der Waals surface area contributed by atoms with Crippen LogP contribution in [0.2, 0.25) is 0 Å². The minimum Gasteiger partial charge on any atom is -0.391 e. The normalized spacial score (nSPS) is 12.6. The molecule has 0 spiro atoms. The van der Waals surface area contributed by atoms with Crippen molar-refractivity contribution < 1.29 is 5.11 Å². The Labute approximate surface area is 108 Å². The summed E-state index contributed by atoms with van der Waals surface area (Å²) in [7, 11) is 0. The van der Waals surface area contributed by atoms with Crippen molar-refractivity contribution in [3.05, 3.63) is 11.9 Å². The molecule has 0 bridgehead atoms. The lowest BCUT2D eigenvalue weighted by Gasteiger charge is -2.21. The summed E-state index contributed by atoms with van der Waals surface area (Å²) in [5, 5.41) is 13.2. The van der Waals surface area contributed by atoms with E-state index < -0.39 is 0 Å². The number of anilines is 2. The molecule has 1 aromatic heterocycles. The highest BCUT2D eigenvalue weighted by Crippen LogP contribution is 2.18. The first-order chi connectivity index (χ1) is 8.63. The standard InChI is InChI=1S/C12H23N5O/c1-4-9(5-2)10(18)6-14-11-8(3)12(17-13)16-7-15-11/h7,9-10,18H,4-6,13H2,1-3H3,(H2,14,15,16,17). The fraction of sp³-hybridized carbons (Fsp3) is 0.667. The summed E-state index contributed by atoms with van der Waals surface area (Å²) in [6.07, 6.45) is 3.01. The van der Waals surface area contributed by atoms with E-state index in [9.17, 15) is 5.11 Å². The van der Waals surface area contributed by atoms with Gasteiger partial charge in [0.05, 0.1) is 6.10 Å². The molecule has 18 heavy (non-hydrogen) atoms. The zero-order chi connectivity index (χ0) is 13.5. The summed E-state index contributed by atoms with van der Waals surface area (Å²) in [6, 6.07) is 0. The van der Waals surface area contributed by atoms with Gasteiger partial charge >= 0.3 is 0 Å². The van der Waals surface area contributed by atoms with Gasteiger partial charge < -0.3 is 15.8 Å². The lowest BCUT2D eigenvalue weighted by Crippen LogP contribution is -2.28. The summed E-state index contributed by atoms with van der Waals surface area (Å²) in [5.74, 6) is 6.95. The molecule has 0 saturated heterocycles. The van der Waals surface area contributed by atoms with E-state index in [4.69, 9.17) is 5.84 Å². The fourth-order valence-electron chi connectivity index (χ4n) is 1.97. The van der Waals surface area contributed by atoms with Crippen molar-refractivity contribution in [1.29, 1.82) is 0 Å². The van der Waals surface area contributed by atoms with Crippen LogP contribution >= 0.6 is 0 Å². The van der Waals surface area contributed by atoms with Crippen molar-refractivity contribution >= 4 is 11.6 Å². The number of aliphatic hydroxyl groups excluding tert-OH is 1. The number of rotatable bonds is 7. The lowest BCUT2D eigenvalue weighted by atomic mass is 9.96. The number of aliphatic hydroxyl groups is 1. The second kappa shape index (κ2) is 7.13. The minimum absolute atomic E-state index is 0.312. The molecule has 1 atom stereocenters. The van der Waals surface area contributed by atoms with Gasteiger partial charge in [0.1, 0.15) is 18.0 Å². The third kappa shape index (κ3) is 3.54. The highest BCUT2D eigenvalue weighted by atomic mass is 16.3. The summed E-state index contributed by atoms with van der Waals surface area (Å²) in [4.78, 5) is 8.14. The monoisotopic (exact) mass is 253 g/mol. The number of nitrogens with zero attached hydrogens (tertiary/aromatic N) is 2. The molecule has 1 heterocycles. The van der Waals surface area contributed by atoms with Gasteiger partial charge in [-0.3, -0.25) is 0 Å². The SMILES string of the molecule is CCC(CC)C(O)CNc1ncnc(NN)c1C. The highest BCUT2D eigenvalue weighted by Gasteiger charge is 2.16. The van der Waals surface area contributed by atoms with E-state index in [0.717, 1.165) is 18.4 Å². The summed E-state index contributed by atoms with van der Waals surface area (Å²) in [5.41, 5.74) is 3.36. The smallest absolute Gasteiger partial charge is 0.148 e. The van der Waals surface area contributed by atoms with E-state index in [1.54, 1.807) is 0 Å². The predicted molar refractivity (Wildman–Crippen MR) is 73.1 cm³/mol. The van der Waals surface area contributed by atoms with E-state index in [0.29, 0.717) is 24.1 Å². The first-order valence-electron chi connectivity index (χ1n) is 6.34. The van der Waals surface area contributed by atoms with Crippen molar-refractivity contribution in [2.45, 2.75) is 39.7 Å². The molecular weight excluding hydrogens is 230 g/mol. The Morgan fingerprint density at radius 3 is 2.44 bits per heavy atom. The van der Waals surface area contributed by atoms with Gasteiger partial charge in [-0.2, -0.15) is 0 Å². The number of hydrogen-bond donors (Lipinski definition) is 4. The molecule has 0 aliphatic rings. The van der Waals surface area contributed by atoms with Crippen LogP contribution in [0.3, 0.4) is 0 Å². The molecule has 102 valence electrons. The number of nitrogens with two attached hydrogens (primary N) is 1. The first-order valence-corrected chi connectivity index (χ1v) is 6.34. The van der Waals surface area contributed by atoms with Crippen molar-refractivity contribution in [3.8, 4) is 0 Å². The van der Waals surface area contributed by atoms with Crippen LogP contribution in [0.4, 0.5) is 11.6 Å². The Balaban J connectivity index is 2.63. The Morgan fingerprint density at radius 2 is 1.89 bits per heavy atom. The molecule has 1 unspecified atom stereocenters. The van der Waals surface area contributed by atoms with Crippen LogP contribution in [-0.4, -0.2) is 27.7 Å². The van der Waals surface area contributed by atoms with Crippen molar-refractivity contribution in [1.82, 2.24) is 9.97 Å². The number of hydrogen-bond acceptors (Lipinski definition) is 6. The fourth-order valence-corrected chi connectivity index (χ4v) is 1.97. The number of hydrazine groups is 1. The van der Waals surface area contributed by atoms with Gasteiger partial charge in [0, 0.05) is 12.1 Å². The van der Waals surface area contributed by atoms with E-state index in [1.807, 2.05) is 6.92 Å². The molecule has 0 aliphatic carbocycles. The predicted octanol–water partition coefficient (Wildman–Crippen LogP) is 1.28. The second-order valence-corrected chi connectivity index (χ2v) is 4.37. The van der Waals surface area contributed by atoms with E-state index in [2.05, 4.69) is 34.6 Å². The van der Waals surface area contributed by atoms with Crippen LogP contribution in [0, 0.1) is 12.8 Å². The average Bonchev–Trinajstić information content (AvgIpc) is 2.39. The molecule has 0 aromatic carbocycles. The van der Waals surface area contributed by atoms with Crippen molar-refractivity contribution in [2.24, 2.45) is 11.8 Å². The van der Waals surface area contributed by atoms with Crippen LogP contribution in [0.1, 0.15) is 32.3 Å². The Bertz CT molecular complexity index is 367. The highest BCUT2D eigenvalue weighted by molar-refractivity contribution is 5.55. The molecular formula is C12H23N5O. The van der Waals surface area contributed by atoms with E-state index in [1.165, 1.54) is 6.33 Å². The summed E-state index contributed by atoms with van der Waals surface area (Å²) in [6.45, 7) is 6.53. The number of nitrogens with one attached hydrogen (secondary N) is 2. The molecule has 1 rings (SSSR count). The average molecular weight is 253 g/mol. The minimum atomic E-state index is -0.372. The molecule has 1 aromatic rings. The third-order valence-corrected chi connectivity index (χ3v) is 3.29. The third-order valence-electron chi connectivity index (χ3n) is 3.29. The molecule has 5 N–H and O–H groups in total. The largest absolute Gasteiger partial charge is 0.391 e. The van der Waals surface area contributed by atoms with E-state index >= 15 is 0 Å². The molecule has 0 aliphatic heterocycles.